The van der Waals surface area contributed by atoms with E-state index >= 15 is 0 Å². The SMILES string of the molecule is CC(C)=C1CC(CO)(CO)OC1=O. The van der Waals surface area contributed by atoms with Crippen molar-refractivity contribution < 1.29 is 19.7 Å². The molecule has 0 amide bonds. The Labute approximate surface area is 76.8 Å². The van der Waals surface area contributed by atoms with Crippen LogP contribution in [0, 0.1) is 0 Å². The zero-order valence-electron chi connectivity index (χ0n) is 7.83. The average Bonchev–Trinajstić information content (AvgIpc) is 2.44. The van der Waals surface area contributed by atoms with Gasteiger partial charge in [0.05, 0.1) is 13.2 Å². The Morgan fingerprint density at radius 3 is 2.23 bits per heavy atom. The van der Waals surface area contributed by atoms with Gasteiger partial charge >= 0.3 is 5.97 Å². The molecule has 74 valence electrons. The van der Waals surface area contributed by atoms with Crippen LogP contribution in [0.2, 0.25) is 0 Å². The first kappa shape index (κ1) is 10.2. The molecule has 0 spiro atoms. The highest BCUT2D eigenvalue weighted by Gasteiger charge is 2.43. The van der Waals surface area contributed by atoms with Crippen LogP contribution in [-0.4, -0.2) is 35.0 Å². The highest BCUT2D eigenvalue weighted by molar-refractivity contribution is 5.92. The summed E-state index contributed by atoms with van der Waals surface area (Å²) in [4.78, 5) is 11.2. The van der Waals surface area contributed by atoms with Crippen molar-refractivity contribution in [2.24, 2.45) is 0 Å². The third-order valence-electron chi connectivity index (χ3n) is 2.23. The molecule has 4 heteroatoms. The molecule has 0 unspecified atom stereocenters. The van der Waals surface area contributed by atoms with E-state index in [1.807, 2.05) is 0 Å². The van der Waals surface area contributed by atoms with E-state index in [9.17, 15) is 4.79 Å². The van der Waals surface area contributed by atoms with Crippen LogP contribution in [0.3, 0.4) is 0 Å². The fourth-order valence-electron chi connectivity index (χ4n) is 1.30. The number of carbonyl (C=O) groups is 1. The van der Waals surface area contributed by atoms with E-state index < -0.39 is 11.6 Å². The summed E-state index contributed by atoms with van der Waals surface area (Å²) in [5.41, 5.74) is 0.334. The van der Waals surface area contributed by atoms with E-state index in [2.05, 4.69) is 0 Å². The number of rotatable bonds is 2. The quantitative estimate of drug-likeness (QED) is 0.470. The average molecular weight is 186 g/mol. The molecule has 0 aromatic heterocycles. The number of carbonyl (C=O) groups excluding carboxylic acids is 1. The van der Waals surface area contributed by atoms with Gasteiger partial charge in [0.25, 0.3) is 0 Å². The van der Waals surface area contributed by atoms with Crippen LogP contribution < -0.4 is 0 Å². The molecule has 1 fully saturated rings. The molecule has 1 aliphatic rings. The molecule has 0 aromatic carbocycles. The fourth-order valence-corrected chi connectivity index (χ4v) is 1.30. The molecular weight excluding hydrogens is 172 g/mol. The van der Waals surface area contributed by atoms with Crippen molar-refractivity contribution in [3.8, 4) is 0 Å². The van der Waals surface area contributed by atoms with E-state index in [-0.39, 0.29) is 13.2 Å². The molecule has 0 radical (unpaired) electrons. The van der Waals surface area contributed by atoms with Gasteiger partial charge < -0.3 is 14.9 Å². The molecule has 1 heterocycles. The van der Waals surface area contributed by atoms with Crippen molar-refractivity contribution in [2.75, 3.05) is 13.2 Å². The lowest BCUT2D eigenvalue weighted by Crippen LogP contribution is -2.37. The summed E-state index contributed by atoms with van der Waals surface area (Å²) in [6, 6.07) is 0. The lowest BCUT2D eigenvalue weighted by Gasteiger charge is -2.21. The molecule has 0 saturated carbocycles. The number of hydrogen-bond acceptors (Lipinski definition) is 4. The topological polar surface area (TPSA) is 66.8 Å². The number of aliphatic hydroxyl groups excluding tert-OH is 2. The Morgan fingerprint density at radius 1 is 1.46 bits per heavy atom. The van der Waals surface area contributed by atoms with Crippen LogP contribution >= 0.6 is 0 Å². The second kappa shape index (κ2) is 3.47. The monoisotopic (exact) mass is 186 g/mol. The molecule has 0 aromatic rings. The van der Waals surface area contributed by atoms with Gasteiger partial charge in [0.2, 0.25) is 0 Å². The summed E-state index contributed by atoms with van der Waals surface area (Å²) >= 11 is 0. The number of cyclic esters (lactones) is 1. The lowest BCUT2D eigenvalue weighted by atomic mass is 9.97. The molecule has 1 rings (SSSR count). The maximum Gasteiger partial charge on any atom is 0.334 e. The van der Waals surface area contributed by atoms with Crippen LogP contribution in [-0.2, 0) is 9.53 Å². The second-order valence-corrected chi connectivity index (χ2v) is 3.54. The van der Waals surface area contributed by atoms with Gasteiger partial charge in [-0.15, -0.1) is 0 Å². The van der Waals surface area contributed by atoms with Crippen LogP contribution in [0.5, 0.6) is 0 Å². The predicted molar refractivity (Wildman–Crippen MR) is 46.0 cm³/mol. The molecule has 0 aliphatic carbocycles. The maximum atomic E-state index is 11.2. The van der Waals surface area contributed by atoms with Gasteiger partial charge in [-0.05, 0) is 13.8 Å². The normalized spacial score (nSPS) is 20.3. The lowest BCUT2D eigenvalue weighted by molar-refractivity contribution is -0.154. The summed E-state index contributed by atoms with van der Waals surface area (Å²) in [7, 11) is 0. The summed E-state index contributed by atoms with van der Waals surface area (Å²) in [5.74, 6) is -0.428. The van der Waals surface area contributed by atoms with Crippen LogP contribution in [0.25, 0.3) is 0 Å². The van der Waals surface area contributed by atoms with E-state index in [1.165, 1.54) is 0 Å². The van der Waals surface area contributed by atoms with Gasteiger partial charge in [-0.1, -0.05) is 5.57 Å². The van der Waals surface area contributed by atoms with E-state index in [4.69, 9.17) is 14.9 Å². The number of aliphatic hydroxyl groups is 2. The Morgan fingerprint density at radius 2 is 2.00 bits per heavy atom. The van der Waals surface area contributed by atoms with E-state index in [0.29, 0.717) is 12.0 Å². The number of esters is 1. The second-order valence-electron chi connectivity index (χ2n) is 3.54. The number of ether oxygens (including phenoxy) is 1. The Hall–Kier alpha value is -0.870. The molecule has 13 heavy (non-hydrogen) atoms. The highest BCUT2D eigenvalue weighted by Crippen LogP contribution is 2.31. The minimum absolute atomic E-state index is 0.293. The smallest absolute Gasteiger partial charge is 0.334 e. The third-order valence-corrected chi connectivity index (χ3v) is 2.23. The summed E-state index contributed by atoms with van der Waals surface area (Å²) in [6.07, 6.45) is 0.293. The van der Waals surface area contributed by atoms with Gasteiger partial charge in [0.1, 0.15) is 0 Å². The van der Waals surface area contributed by atoms with Gasteiger partial charge in [-0.3, -0.25) is 0 Å². The first-order valence-corrected chi connectivity index (χ1v) is 4.16. The fraction of sp³-hybridized carbons (Fsp3) is 0.667. The van der Waals surface area contributed by atoms with Crippen molar-refractivity contribution in [3.63, 3.8) is 0 Å². The van der Waals surface area contributed by atoms with Gasteiger partial charge in [0.15, 0.2) is 5.60 Å². The van der Waals surface area contributed by atoms with Crippen molar-refractivity contribution in [1.82, 2.24) is 0 Å². The first-order valence-electron chi connectivity index (χ1n) is 4.16. The van der Waals surface area contributed by atoms with Gasteiger partial charge in [-0.25, -0.2) is 4.79 Å². The molecular formula is C9H14O4. The Kier molecular flexibility index (Phi) is 2.73. The third kappa shape index (κ3) is 1.73. The minimum Gasteiger partial charge on any atom is -0.450 e. The molecule has 1 aliphatic heterocycles. The molecule has 0 atom stereocenters. The van der Waals surface area contributed by atoms with Crippen molar-refractivity contribution in [3.05, 3.63) is 11.1 Å². The summed E-state index contributed by atoms with van der Waals surface area (Å²) < 4.78 is 4.92. The van der Waals surface area contributed by atoms with Crippen LogP contribution in [0.4, 0.5) is 0 Å². The van der Waals surface area contributed by atoms with Crippen LogP contribution in [0.15, 0.2) is 11.1 Å². The number of allylic oxidation sites excluding steroid dienone is 1. The van der Waals surface area contributed by atoms with Crippen LogP contribution in [0.1, 0.15) is 20.3 Å². The Balaban J connectivity index is 2.93. The van der Waals surface area contributed by atoms with Crippen molar-refractivity contribution >= 4 is 5.97 Å². The summed E-state index contributed by atoms with van der Waals surface area (Å²) in [5, 5.41) is 17.9. The van der Waals surface area contributed by atoms with Gasteiger partial charge in [-0.2, -0.15) is 0 Å². The van der Waals surface area contributed by atoms with E-state index in [1.54, 1.807) is 13.8 Å². The number of hydrogen-bond donors (Lipinski definition) is 2. The van der Waals surface area contributed by atoms with Gasteiger partial charge in [0, 0.05) is 12.0 Å². The highest BCUT2D eigenvalue weighted by atomic mass is 16.6. The van der Waals surface area contributed by atoms with Crippen molar-refractivity contribution in [2.45, 2.75) is 25.9 Å². The van der Waals surface area contributed by atoms with Crippen molar-refractivity contribution in [1.29, 1.82) is 0 Å². The largest absolute Gasteiger partial charge is 0.450 e. The zero-order chi connectivity index (χ0) is 10.1. The first-order chi connectivity index (χ1) is 6.04. The summed E-state index contributed by atoms with van der Waals surface area (Å²) in [6.45, 7) is 2.93. The standard InChI is InChI=1S/C9H14O4/c1-6(2)7-3-9(4-10,5-11)13-8(7)12/h10-11H,3-5H2,1-2H3. The molecule has 0 bridgehead atoms. The van der Waals surface area contributed by atoms with E-state index in [0.717, 1.165) is 5.57 Å². The minimum atomic E-state index is -1.09. The Bertz CT molecular complexity index is 246. The maximum absolute atomic E-state index is 11.2. The molecule has 4 nitrogen and oxygen atoms in total. The zero-order valence-corrected chi connectivity index (χ0v) is 7.83. The predicted octanol–water partition coefficient (Wildman–Crippen LogP) is -0.00690. The molecule has 1 saturated heterocycles. The molecule has 2 N–H and O–H groups in total.